The SMILES string of the molecule is CC1(C(=O)N2c3ccccc3C[C@H]2C(=O)O)CCCO1. The molecule has 0 spiro atoms. The quantitative estimate of drug-likeness (QED) is 0.890. The van der Waals surface area contributed by atoms with E-state index in [1.54, 1.807) is 13.0 Å². The third-order valence-electron chi connectivity index (χ3n) is 4.15. The van der Waals surface area contributed by atoms with E-state index in [1.165, 1.54) is 4.90 Å². The maximum absolute atomic E-state index is 12.8. The number of hydrogen-bond acceptors (Lipinski definition) is 3. The Balaban J connectivity index is 2.00. The van der Waals surface area contributed by atoms with Crippen molar-refractivity contribution < 1.29 is 19.4 Å². The molecule has 1 N–H and O–H groups in total. The minimum Gasteiger partial charge on any atom is -0.480 e. The molecular weight excluding hydrogens is 258 g/mol. The van der Waals surface area contributed by atoms with Gasteiger partial charge >= 0.3 is 5.97 Å². The normalized spacial score (nSPS) is 28.4. The maximum atomic E-state index is 12.8. The highest BCUT2D eigenvalue weighted by atomic mass is 16.5. The van der Waals surface area contributed by atoms with Crippen molar-refractivity contribution in [2.45, 2.75) is 37.8 Å². The summed E-state index contributed by atoms with van der Waals surface area (Å²) in [5.74, 6) is -1.22. The van der Waals surface area contributed by atoms with Gasteiger partial charge in [0.15, 0.2) is 0 Å². The van der Waals surface area contributed by atoms with E-state index in [0.717, 1.165) is 12.0 Å². The number of aliphatic carboxylic acids is 1. The average Bonchev–Trinajstić information content (AvgIpc) is 3.02. The molecule has 1 aromatic rings. The minimum absolute atomic E-state index is 0.243. The summed E-state index contributed by atoms with van der Waals surface area (Å²) in [6, 6.07) is 6.52. The number of benzene rings is 1. The fourth-order valence-electron chi connectivity index (χ4n) is 3.04. The minimum atomic E-state index is -0.976. The first-order valence-electron chi connectivity index (χ1n) is 6.81. The molecule has 2 heterocycles. The zero-order valence-corrected chi connectivity index (χ0v) is 11.3. The molecule has 1 aromatic carbocycles. The summed E-state index contributed by atoms with van der Waals surface area (Å²) in [5.41, 5.74) is 0.696. The molecule has 5 heteroatoms. The molecule has 20 heavy (non-hydrogen) atoms. The van der Waals surface area contributed by atoms with Crippen molar-refractivity contribution in [3.8, 4) is 0 Å². The van der Waals surface area contributed by atoms with Crippen LogP contribution in [0.25, 0.3) is 0 Å². The van der Waals surface area contributed by atoms with Crippen LogP contribution in [-0.2, 0) is 20.7 Å². The van der Waals surface area contributed by atoms with Gasteiger partial charge in [0.2, 0.25) is 0 Å². The van der Waals surface area contributed by atoms with Crippen molar-refractivity contribution in [2.75, 3.05) is 11.5 Å². The van der Waals surface area contributed by atoms with Crippen molar-refractivity contribution in [1.82, 2.24) is 0 Å². The highest BCUT2D eigenvalue weighted by molar-refractivity contribution is 6.05. The number of carboxylic acid groups (broad SMARTS) is 1. The molecular formula is C15H17NO4. The van der Waals surface area contributed by atoms with Gasteiger partial charge in [-0.25, -0.2) is 4.79 Å². The average molecular weight is 275 g/mol. The molecule has 5 nitrogen and oxygen atoms in total. The Kier molecular flexibility index (Phi) is 3.01. The number of rotatable bonds is 2. The summed E-state index contributed by atoms with van der Waals surface area (Å²) in [5, 5.41) is 9.40. The molecule has 0 saturated carbocycles. The van der Waals surface area contributed by atoms with Gasteiger partial charge in [0.05, 0.1) is 0 Å². The number of anilines is 1. The monoisotopic (exact) mass is 275 g/mol. The molecule has 1 saturated heterocycles. The number of nitrogens with zero attached hydrogens (tertiary/aromatic N) is 1. The van der Waals surface area contributed by atoms with Gasteiger partial charge in [0.1, 0.15) is 11.6 Å². The van der Waals surface area contributed by atoms with Gasteiger partial charge in [-0.1, -0.05) is 18.2 Å². The number of carbonyl (C=O) groups excluding carboxylic acids is 1. The molecule has 3 rings (SSSR count). The number of ether oxygens (including phenoxy) is 1. The third-order valence-corrected chi connectivity index (χ3v) is 4.15. The van der Waals surface area contributed by atoms with E-state index in [-0.39, 0.29) is 5.91 Å². The number of amides is 1. The Morgan fingerprint density at radius 1 is 1.40 bits per heavy atom. The van der Waals surface area contributed by atoms with Gasteiger partial charge in [-0.2, -0.15) is 0 Å². The number of carbonyl (C=O) groups is 2. The van der Waals surface area contributed by atoms with Crippen LogP contribution < -0.4 is 4.90 Å². The van der Waals surface area contributed by atoms with Gasteiger partial charge in [-0.05, 0) is 31.4 Å². The van der Waals surface area contributed by atoms with Crippen molar-refractivity contribution in [1.29, 1.82) is 0 Å². The van der Waals surface area contributed by atoms with Gasteiger partial charge in [0.25, 0.3) is 5.91 Å². The van der Waals surface area contributed by atoms with E-state index in [0.29, 0.717) is 25.1 Å². The van der Waals surface area contributed by atoms with E-state index in [4.69, 9.17) is 4.74 Å². The summed E-state index contributed by atoms with van der Waals surface area (Å²) in [6.45, 7) is 2.30. The van der Waals surface area contributed by atoms with Gasteiger partial charge < -0.3 is 9.84 Å². The summed E-state index contributed by atoms with van der Waals surface area (Å²) < 4.78 is 5.57. The molecule has 2 aliphatic heterocycles. The second-order valence-corrected chi connectivity index (χ2v) is 5.54. The third kappa shape index (κ3) is 1.89. The highest BCUT2D eigenvalue weighted by Gasteiger charge is 2.47. The van der Waals surface area contributed by atoms with Gasteiger partial charge in [-0.3, -0.25) is 9.69 Å². The van der Waals surface area contributed by atoms with Crippen LogP contribution in [0.1, 0.15) is 25.3 Å². The standard InChI is InChI=1S/C15H17NO4/c1-15(7-4-8-20-15)14(19)16-11-6-3-2-5-10(11)9-12(16)13(17)18/h2-3,5-6,12H,4,7-9H2,1H3,(H,17,18)/t12-,15?/m0/s1. The first kappa shape index (κ1) is 13.1. The number of para-hydroxylation sites is 1. The Morgan fingerprint density at radius 3 is 2.80 bits per heavy atom. The lowest BCUT2D eigenvalue weighted by atomic mass is 10.00. The lowest BCUT2D eigenvalue weighted by molar-refractivity contribution is -0.143. The van der Waals surface area contributed by atoms with Crippen LogP contribution in [0.15, 0.2) is 24.3 Å². The van der Waals surface area contributed by atoms with Gasteiger partial charge in [0, 0.05) is 18.7 Å². The van der Waals surface area contributed by atoms with Crippen LogP contribution >= 0.6 is 0 Å². The summed E-state index contributed by atoms with van der Waals surface area (Å²) in [4.78, 5) is 25.7. The first-order chi connectivity index (χ1) is 9.53. The number of hydrogen-bond donors (Lipinski definition) is 1. The second kappa shape index (κ2) is 4.59. The summed E-state index contributed by atoms with van der Waals surface area (Å²) in [6.07, 6.45) is 1.82. The van der Waals surface area contributed by atoms with Crippen molar-refractivity contribution in [3.63, 3.8) is 0 Å². The molecule has 1 fully saturated rings. The largest absolute Gasteiger partial charge is 0.480 e. The Bertz CT molecular complexity index is 563. The lowest BCUT2D eigenvalue weighted by Gasteiger charge is -2.31. The van der Waals surface area contributed by atoms with Crippen LogP contribution in [0.4, 0.5) is 5.69 Å². The molecule has 106 valence electrons. The topological polar surface area (TPSA) is 66.8 Å². The predicted octanol–water partition coefficient (Wildman–Crippen LogP) is 1.60. The highest BCUT2D eigenvalue weighted by Crippen LogP contribution is 2.37. The van der Waals surface area contributed by atoms with Crippen LogP contribution in [0.5, 0.6) is 0 Å². The van der Waals surface area contributed by atoms with E-state index < -0.39 is 17.6 Å². The fraction of sp³-hybridized carbons (Fsp3) is 0.467. The van der Waals surface area contributed by atoms with Crippen LogP contribution in [0.2, 0.25) is 0 Å². The molecule has 1 amide bonds. The zero-order valence-electron chi connectivity index (χ0n) is 11.3. The molecule has 1 unspecified atom stereocenters. The molecule has 0 bridgehead atoms. The van der Waals surface area contributed by atoms with Crippen molar-refractivity contribution in [3.05, 3.63) is 29.8 Å². The Morgan fingerprint density at radius 2 is 2.15 bits per heavy atom. The lowest BCUT2D eigenvalue weighted by Crippen LogP contribution is -2.52. The van der Waals surface area contributed by atoms with Crippen molar-refractivity contribution in [2.24, 2.45) is 0 Å². The van der Waals surface area contributed by atoms with Crippen LogP contribution in [0.3, 0.4) is 0 Å². The zero-order chi connectivity index (χ0) is 14.3. The Labute approximate surface area is 117 Å². The first-order valence-corrected chi connectivity index (χ1v) is 6.81. The summed E-state index contributed by atoms with van der Waals surface area (Å²) in [7, 11) is 0. The number of carboxylic acids is 1. The molecule has 2 atom stereocenters. The maximum Gasteiger partial charge on any atom is 0.327 e. The van der Waals surface area contributed by atoms with E-state index >= 15 is 0 Å². The molecule has 0 aliphatic carbocycles. The molecule has 2 aliphatic rings. The molecule has 0 aromatic heterocycles. The number of fused-ring (bicyclic) bond motifs is 1. The Hall–Kier alpha value is -1.88. The van der Waals surface area contributed by atoms with Crippen LogP contribution in [-0.4, -0.2) is 35.2 Å². The van der Waals surface area contributed by atoms with Crippen LogP contribution in [0, 0.1) is 0 Å². The second-order valence-electron chi connectivity index (χ2n) is 5.54. The van der Waals surface area contributed by atoms with Gasteiger partial charge in [-0.15, -0.1) is 0 Å². The molecule has 0 radical (unpaired) electrons. The summed E-state index contributed by atoms with van der Waals surface area (Å²) >= 11 is 0. The predicted molar refractivity (Wildman–Crippen MR) is 72.6 cm³/mol. The van der Waals surface area contributed by atoms with E-state index in [2.05, 4.69) is 0 Å². The van der Waals surface area contributed by atoms with E-state index in [1.807, 2.05) is 18.2 Å². The smallest absolute Gasteiger partial charge is 0.327 e. The fourth-order valence-corrected chi connectivity index (χ4v) is 3.04. The van der Waals surface area contributed by atoms with Crippen molar-refractivity contribution >= 4 is 17.6 Å². The van der Waals surface area contributed by atoms with E-state index in [9.17, 15) is 14.7 Å².